The van der Waals surface area contributed by atoms with E-state index in [1.54, 1.807) is 6.92 Å². The molecule has 0 spiro atoms. The maximum Gasteiger partial charge on any atom is 0.416 e. The van der Waals surface area contributed by atoms with Crippen LogP contribution in [0.25, 0.3) is 17.5 Å². The number of nitrogens with zero attached hydrogens (tertiary/aromatic N) is 1. The SMILES string of the molecule is C=C/C(=C\c1nc(-c2ccccc2C)[nH]c1C)C(F)(F)F. The average molecular weight is 292 g/mol. The van der Waals surface area contributed by atoms with E-state index in [-0.39, 0.29) is 5.69 Å². The molecule has 0 aliphatic rings. The van der Waals surface area contributed by atoms with E-state index >= 15 is 0 Å². The molecule has 0 unspecified atom stereocenters. The molecule has 1 N–H and O–H groups in total. The third kappa shape index (κ3) is 3.24. The number of rotatable bonds is 3. The summed E-state index contributed by atoms with van der Waals surface area (Å²) in [4.78, 5) is 7.29. The van der Waals surface area contributed by atoms with E-state index in [9.17, 15) is 13.2 Å². The average Bonchev–Trinajstić information content (AvgIpc) is 2.76. The van der Waals surface area contributed by atoms with Crippen LogP contribution in [0.2, 0.25) is 0 Å². The number of H-pyrrole nitrogens is 1. The monoisotopic (exact) mass is 292 g/mol. The molecule has 0 saturated heterocycles. The third-order valence-corrected chi connectivity index (χ3v) is 3.16. The Morgan fingerprint density at radius 3 is 2.48 bits per heavy atom. The topological polar surface area (TPSA) is 28.7 Å². The van der Waals surface area contributed by atoms with Crippen molar-refractivity contribution >= 4 is 6.08 Å². The van der Waals surface area contributed by atoms with Crippen LogP contribution in [0, 0.1) is 13.8 Å². The highest BCUT2D eigenvalue weighted by Gasteiger charge is 2.31. The molecule has 0 radical (unpaired) electrons. The van der Waals surface area contributed by atoms with Crippen molar-refractivity contribution in [2.45, 2.75) is 20.0 Å². The van der Waals surface area contributed by atoms with Crippen LogP contribution in [-0.2, 0) is 0 Å². The molecule has 110 valence electrons. The number of aromatic nitrogens is 2. The molecule has 2 rings (SSSR count). The number of nitrogens with one attached hydrogen (secondary N) is 1. The van der Waals surface area contributed by atoms with Gasteiger partial charge in [-0.3, -0.25) is 0 Å². The van der Waals surface area contributed by atoms with Crippen molar-refractivity contribution in [1.29, 1.82) is 0 Å². The highest BCUT2D eigenvalue weighted by Crippen LogP contribution is 2.29. The summed E-state index contributed by atoms with van der Waals surface area (Å²) in [5, 5.41) is 0. The molecule has 0 saturated carbocycles. The molecule has 1 heterocycles. The van der Waals surface area contributed by atoms with Gasteiger partial charge < -0.3 is 4.98 Å². The van der Waals surface area contributed by atoms with E-state index in [1.807, 2.05) is 31.2 Å². The lowest BCUT2D eigenvalue weighted by Gasteiger charge is -2.06. The summed E-state index contributed by atoms with van der Waals surface area (Å²) in [7, 11) is 0. The molecule has 0 aliphatic heterocycles. The summed E-state index contributed by atoms with van der Waals surface area (Å²) < 4.78 is 38.3. The predicted molar refractivity (Wildman–Crippen MR) is 77.7 cm³/mol. The van der Waals surface area contributed by atoms with E-state index in [1.165, 1.54) is 0 Å². The van der Waals surface area contributed by atoms with E-state index in [0.29, 0.717) is 11.5 Å². The second-order valence-corrected chi connectivity index (χ2v) is 4.71. The fourth-order valence-electron chi connectivity index (χ4n) is 1.98. The summed E-state index contributed by atoms with van der Waals surface area (Å²) in [5.41, 5.74) is 1.90. The van der Waals surface area contributed by atoms with Crippen molar-refractivity contribution in [3.63, 3.8) is 0 Å². The van der Waals surface area contributed by atoms with E-state index in [4.69, 9.17) is 0 Å². The maximum absolute atomic E-state index is 12.8. The van der Waals surface area contributed by atoms with E-state index in [2.05, 4.69) is 16.5 Å². The quantitative estimate of drug-likeness (QED) is 0.807. The minimum atomic E-state index is -4.43. The number of imidazole rings is 1. The highest BCUT2D eigenvalue weighted by atomic mass is 19.4. The Hall–Kier alpha value is -2.30. The Morgan fingerprint density at radius 2 is 1.90 bits per heavy atom. The smallest absolute Gasteiger partial charge is 0.342 e. The zero-order valence-electron chi connectivity index (χ0n) is 11.8. The molecule has 0 amide bonds. The van der Waals surface area contributed by atoms with Gasteiger partial charge >= 0.3 is 6.18 Å². The largest absolute Gasteiger partial charge is 0.416 e. The molecule has 2 aromatic rings. The number of hydrogen-bond donors (Lipinski definition) is 1. The maximum atomic E-state index is 12.8. The predicted octanol–water partition coefficient (Wildman–Crippen LogP) is 4.83. The first-order chi connectivity index (χ1) is 9.82. The number of alkyl halides is 3. The van der Waals surface area contributed by atoms with Crippen molar-refractivity contribution < 1.29 is 13.2 Å². The van der Waals surface area contributed by atoms with Crippen LogP contribution in [0.3, 0.4) is 0 Å². The molecule has 1 aromatic carbocycles. The van der Waals surface area contributed by atoms with Crippen LogP contribution >= 0.6 is 0 Å². The summed E-state index contributed by atoms with van der Waals surface area (Å²) in [5.74, 6) is 0.558. The Bertz CT molecular complexity index is 694. The molecule has 0 aliphatic carbocycles. The number of benzene rings is 1. The molecular formula is C16H15F3N2. The molecule has 1 aromatic heterocycles. The fourth-order valence-corrected chi connectivity index (χ4v) is 1.98. The van der Waals surface area contributed by atoms with Crippen molar-refractivity contribution in [3.8, 4) is 11.4 Å². The summed E-state index contributed by atoms with van der Waals surface area (Å²) in [6.07, 6.45) is -2.64. The van der Waals surface area contributed by atoms with Gasteiger partial charge in [0, 0.05) is 11.3 Å². The molecule has 0 atom stereocenters. The Labute approximate surface area is 121 Å². The van der Waals surface area contributed by atoms with Crippen LogP contribution in [0.15, 0.2) is 42.5 Å². The van der Waals surface area contributed by atoms with Crippen LogP contribution in [0.4, 0.5) is 13.2 Å². The van der Waals surface area contributed by atoms with Gasteiger partial charge in [-0.05, 0) is 25.5 Å². The van der Waals surface area contributed by atoms with Gasteiger partial charge in [0.1, 0.15) is 5.82 Å². The molecule has 2 nitrogen and oxygen atoms in total. The highest BCUT2D eigenvalue weighted by molar-refractivity contribution is 5.64. The van der Waals surface area contributed by atoms with Gasteiger partial charge in [-0.25, -0.2) is 4.98 Å². The minimum absolute atomic E-state index is 0.264. The van der Waals surface area contributed by atoms with Crippen molar-refractivity contribution in [2.75, 3.05) is 0 Å². The van der Waals surface area contributed by atoms with Crippen LogP contribution in [0.5, 0.6) is 0 Å². The van der Waals surface area contributed by atoms with E-state index < -0.39 is 11.7 Å². The van der Waals surface area contributed by atoms with Crippen molar-refractivity contribution in [2.24, 2.45) is 0 Å². The summed E-state index contributed by atoms with van der Waals surface area (Å²) in [6.45, 7) is 6.82. The number of allylic oxidation sites excluding steroid dienone is 2. The normalized spacial score (nSPS) is 12.5. The van der Waals surface area contributed by atoms with Crippen LogP contribution in [0.1, 0.15) is 17.0 Å². The van der Waals surface area contributed by atoms with Crippen molar-refractivity contribution in [3.05, 3.63) is 59.4 Å². The Morgan fingerprint density at radius 1 is 1.24 bits per heavy atom. The number of aromatic amines is 1. The number of aryl methyl sites for hydroxylation is 2. The summed E-state index contributed by atoms with van der Waals surface area (Å²) >= 11 is 0. The summed E-state index contributed by atoms with van der Waals surface area (Å²) in [6, 6.07) is 7.56. The van der Waals surface area contributed by atoms with Crippen LogP contribution in [-0.4, -0.2) is 16.1 Å². The Kier molecular flexibility index (Phi) is 4.02. The number of hydrogen-bond acceptors (Lipinski definition) is 1. The van der Waals surface area contributed by atoms with Gasteiger partial charge in [-0.1, -0.05) is 36.9 Å². The second-order valence-electron chi connectivity index (χ2n) is 4.71. The molecule has 0 bridgehead atoms. The standard InChI is InChI=1S/C16H15F3N2/c1-4-12(16(17,18)19)9-14-11(3)20-15(21-14)13-8-6-5-7-10(13)2/h4-9H,1H2,2-3H3,(H,20,21)/b12-9+. The first-order valence-electron chi connectivity index (χ1n) is 6.37. The van der Waals surface area contributed by atoms with Gasteiger partial charge in [0.05, 0.1) is 11.3 Å². The molecular weight excluding hydrogens is 277 g/mol. The lowest BCUT2D eigenvalue weighted by molar-refractivity contribution is -0.0872. The van der Waals surface area contributed by atoms with Gasteiger partial charge in [0.15, 0.2) is 0 Å². The molecule has 0 fully saturated rings. The lowest BCUT2D eigenvalue weighted by atomic mass is 10.1. The zero-order valence-corrected chi connectivity index (χ0v) is 11.8. The van der Waals surface area contributed by atoms with Crippen LogP contribution < -0.4 is 0 Å². The second kappa shape index (κ2) is 5.60. The molecule has 21 heavy (non-hydrogen) atoms. The van der Waals surface area contributed by atoms with E-state index in [0.717, 1.165) is 23.3 Å². The number of halogens is 3. The third-order valence-electron chi connectivity index (χ3n) is 3.16. The van der Waals surface area contributed by atoms with Gasteiger partial charge in [-0.15, -0.1) is 0 Å². The molecule has 5 heteroatoms. The Balaban J connectivity index is 2.48. The first-order valence-corrected chi connectivity index (χ1v) is 6.37. The van der Waals surface area contributed by atoms with Gasteiger partial charge in [0.25, 0.3) is 0 Å². The van der Waals surface area contributed by atoms with Gasteiger partial charge in [-0.2, -0.15) is 13.2 Å². The minimum Gasteiger partial charge on any atom is -0.342 e. The van der Waals surface area contributed by atoms with Crippen molar-refractivity contribution in [1.82, 2.24) is 9.97 Å². The van der Waals surface area contributed by atoms with Gasteiger partial charge in [0.2, 0.25) is 0 Å². The zero-order chi connectivity index (χ0) is 15.6. The fraction of sp³-hybridized carbons (Fsp3) is 0.188. The lowest BCUT2D eigenvalue weighted by Crippen LogP contribution is -2.09. The first kappa shape index (κ1) is 15.1.